The summed E-state index contributed by atoms with van der Waals surface area (Å²) >= 11 is 0. The summed E-state index contributed by atoms with van der Waals surface area (Å²) in [6, 6.07) is 14.9. The maximum absolute atomic E-state index is 13.1. The molecular formula is C24H27N3O. The molecule has 4 heteroatoms. The van der Waals surface area contributed by atoms with Crippen LogP contribution in [0.15, 0.2) is 54.9 Å². The molecule has 1 amide bonds. The molecule has 0 bridgehead atoms. The van der Waals surface area contributed by atoms with Gasteiger partial charge in [-0.1, -0.05) is 24.3 Å². The molecule has 0 fully saturated rings. The summed E-state index contributed by atoms with van der Waals surface area (Å²) in [6.45, 7) is 4.04. The Bertz CT molecular complexity index is 975. The maximum Gasteiger partial charge on any atom is 0.326 e. The van der Waals surface area contributed by atoms with Crippen LogP contribution >= 0.6 is 0 Å². The molecule has 1 aliphatic rings. The molecule has 0 radical (unpaired) electrons. The average Bonchev–Trinajstić information content (AvgIpc) is 2.85. The summed E-state index contributed by atoms with van der Waals surface area (Å²) in [5.74, 6) is 0. The first kappa shape index (κ1) is 18.5. The van der Waals surface area contributed by atoms with E-state index in [1.807, 2.05) is 42.9 Å². The molecule has 2 aromatic heterocycles. The number of rotatable bonds is 3. The number of hydrogen-bond donors (Lipinski definition) is 1. The van der Waals surface area contributed by atoms with Gasteiger partial charge in [-0.2, -0.15) is 0 Å². The molecule has 0 saturated carbocycles. The fourth-order valence-corrected chi connectivity index (χ4v) is 4.31. The summed E-state index contributed by atoms with van der Waals surface area (Å²) in [6.07, 6.45) is 8.57. The Morgan fingerprint density at radius 3 is 2.68 bits per heavy atom. The first-order valence-corrected chi connectivity index (χ1v) is 10.1. The largest absolute Gasteiger partial charge is 0.334 e. The molecule has 1 aromatic carbocycles. The lowest BCUT2D eigenvalue weighted by Gasteiger charge is -2.19. The van der Waals surface area contributed by atoms with Crippen LogP contribution in [0.1, 0.15) is 46.5 Å². The van der Waals surface area contributed by atoms with Crippen LogP contribution in [-0.4, -0.2) is 21.6 Å². The molecule has 2 heterocycles. The van der Waals surface area contributed by atoms with Gasteiger partial charge in [0.15, 0.2) is 0 Å². The lowest BCUT2D eigenvalue weighted by Crippen LogP contribution is -2.39. The van der Waals surface area contributed by atoms with E-state index in [9.17, 15) is 4.79 Å². The van der Waals surface area contributed by atoms with Crippen LogP contribution in [0.5, 0.6) is 0 Å². The fourth-order valence-electron chi connectivity index (χ4n) is 4.31. The number of hydrogen-bond acceptors (Lipinski definition) is 2. The molecule has 0 saturated heterocycles. The number of nitrogens with zero attached hydrogens (tertiary/aromatic N) is 2. The number of carbonyl (C=O) groups excluding carboxylic acids is 1. The van der Waals surface area contributed by atoms with E-state index in [0.717, 1.165) is 43.5 Å². The number of nitrogens with one attached hydrogen (secondary N) is 1. The third-order valence-electron chi connectivity index (χ3n) is 5.79. The number of amides is 1. The highest BCUT2D eigenvalue weighted by Crippen LogP contribution is 2.22. The van der Waals surface area contributed by atoms with E-state index in [1.165, 1.54) is 22.3 Å². The zero-order valence-electron chi connectivity index (χ0n) is 16.6. The van der Waals surface area contributed by atoms with E-state index in [1.54, 1.807) is 0 Å². The minimum absolute atomic E-state index is 0.0136. The first-order chi connectivity index (χ1) is 13.6. The van der Waals surface area contributed by atoms with Crippen molar-refractivity contribution >= 4 is 6.03 Å². The van der Waals surface area contributed by atoms with Crippen molar-refractivity contribution in [1.82, 2.24) is 14.9 Å². The Labute approximate surface area is 166 Å². The maximum atomic E-state index is 13.1. The molecule has 1 N–H and O–H groups in total. The highest BCUT2D eigenvalue weighted by atomic mass is 16.2. The van der Waals surface area contributed by atoms with Gasteiger partial charge in [-0.15, -0.1) is 0 Å². The first-order valence-electron chi connectivity index (χ1n) is 10.1. The molecule has 4 rings (SSSR count). The number of carbonyl (C=O) groups is 1. The fraction of sp³-hybridized carbons (Fsp3) is 0.333. The van der Waals surface area contributed by atoms with Gasteiger partial charge in [0.2, 0.25) is 0 Å². The Kier molecular flexibility index (Phi) is 5.29. The lowest BCUT2D eigenvalue weighted by atomic mass is 10.0. The third kappa shape index (κ3) is 3.86. The Morgan fingerprint density at radius 2 is 1.89 bits per heavy atom. The van der Waals surface area contributed by atoms with Gasteiger partial charge in [0.1, 0.15) is 0 Å². The Hall–Kier alpha value is -2.88. The molecule has 0 spiro atoms. The SMILES string of the molecule is Cc1cc(Cc2ccncc2)c(C)n1C(=O)NC1CCCc2ccccc2C1. The Morgan fingerprint density at radius 1 is 1.14 bits per heavy atom. The van der Waals surface area contributed by atoms with Crippen molar-refractivity contribution in [2.75, 3.05) is 0 Å². The summed E-state index contributed by atoms with van der Waals surface area (Å²) < 4.78 is 1.83. The minimum Gasteiger partial charge on any atom is -0.334 e. The van der Waals surface area contributed by atoms with E-state index >= 15 is 0 Å². The van der Waals surface area contributed by atoms with Crippen molar-refractivity contribution < 1.29 is 4.79 Å². The van der Waals surface area contributed by atoms with Crippen molar-refractivity contribution in [3.8, 4) is 0 Å². The topological polar surface area (TPSA) is 46.9 Å². The predicted molar refractivity (Wildman–Crippen MR) is 112 cm³/mol. The second kappa shape index (κ2) is 8.01. The molecule has 3 aromatic rings. The van der Waals surface area contributed by atoms with Crippen molar-refractivity contribution in [1.29, 1.82) is 0 Å². The van der Waals surface area contributed by atoms with Gasteiger partial charge in [0.25, 0.3) is 0 Å². The van der Waals surface area contributed by atoms with Crippen LogP contribution in [0.4, 0.5) is 4.79 Å². The number of aryl methyl sites for hydroxylation is 2. The number of aromatic nitrogens is 2. The van der Waals surface area contributed by atoms with Gasteiger partial charge < -0.3 is 5.32 Å². The monoisotopic (exact) mass is 373 g/mol. The quantitative estimate of drug-likeness (QED) is 0.682. The van der Waals surface area contributed by atoms with E-state index in [4.69, 9.17) is 0 Å². The summed E-state index contributed by atoms with van der Waals surface area (Å²) in [7, 11) is 0. The van der Waals surface area contributed by atoms with Crippen LogP contribution in [-0.2, 0) is 19.3 Å². The molecule has 4 nitrogen and oxygen atoms in total. The second-order valence-corrected chi connectivity index (χ2v) is 7.78. The molecule has 1 atom stereocenters. The van der Waals surface area contributed by atoms with Gasteiger partial charge in [-0.3, -0.25) is 9.55 Å². The van der Waals surface area contributed by atoms with E-state index in [0.29, 0.717) is 0 Å². The van der Waals surface area contributed by atoms with Crippen molar-refractivity contribution in [3.63, 3.8) is 0 Å². The summed E-state index contributed by atoms with van der Waals surface area (Å²) in [4.78, 5) is 17.2. The van der Waals surface area contributed by atoms with Crippen molar-refractivity contribution in [2.24, 2.45) is 0 Å². The number of pyridine rings is 1. The number of benzene rings is 1. The third-order valence-corrected chi connectivity index (χ3v) is 5.79. The summed E-state index contributed by atoms with van der Waals surface area (Å²) in [5.41, 5.74) is 7.17. The zero-order chi connectivity index (χ0) is 19.5. The lowest BCUT2D eigenvalue weighted by molar-refractivity contribution is 0.237. The van der Waals surface area contributed by atoms with Crippen molar-refractivity contribution in [3.05, 3.63) is 88.5 Å². The van der Waals surface area contributed by atoms with Gasteiger partial charge in [0, 0.05) is 29.8 Å². The summed E-state index contributed by atoms with van der Waals surface area (Å²) in [5, 5.41) is 3.29. The highest BCUT2D eigenvalue weighted by molar-refractivity contribution is 5.79. The second-order valence-electron chi connectivity index (χ2n) is 7.78. The van der Waals surface area contributed by atoms with Crippen molar-refractivity contribution in [2.45, 2.75) is 52.0 Å². The normalized spacial score (nSPS) is 16.3. The van der Waals surface area contributed by atoms with Gasteiger partial charge in [-0.25, -0.2) is 4.79 Å². The molecule has 1 unspecified atom stereocenters. The Balaban J connectivity index is 1.51. The molecule has 144 valence electrons. The highest BCUT2D eigenvalue weighted by Gasteiger charge is 2.21. The van der Waals surface area contributed by atoms with Crippen LogP contribution in [0, 0.1) is 13.8 Å². The zero-order valence-corrected chi connectivity index (χ0v) is 16.6. The van der Waals surface area contributed by atoms with E-state index < -0.39 is 0 Å². The molecule has 28 heavy (non-hydrogen) atoms. The van der Waals surface area contributed by atoms with E-state index in [2.05, 4.69) is 40.6 Å². The predicted octanol–water partition coefficient (Wildman–Crippen LogP) is 4.60. The molecular weight excluding hydrogens is 346 g/mol. The molecule has 0 aliphatic heterocycles. The number of fused-ring (bicyclic) bond motifs is 1. The van der Waals surface area contributed by atoms with Gasteiger partial charge >= 0.3 is 6.03 Å². The van der Waals surface area contributed by atoms with E-state index in [-0.39, 0.29) is 12.1 Å². The van der Waals surface area contributed by atoms with Crippen LogP contribution in [0.3, 0.4) is 0 Å². The van der Waals surface area contributed by atoms with Gasteiger partial charge in [0.05, 0.1) is 0 Å². The van der Waals surface area contributed by atoms with Crippen LogP contribution < -0.4 is 5.32 Å². The van der Waals surface area contributed by atoms with Crippen LogP contribution in [0.2, 0.25) is 0 Å². The van der Waals surface area contributed by atoms with Gasteiger partial charge in [-0.05, 0) is 86.4 Å². The smallest absolute Gasteiger partial charge is 0.326 e. The standard InChI is InChI=1S/C24H27N3O/c1-17-14-22(15-19-10-12-25-13-11-19)18(2)27(17)24(28)26-23-9-5-8-20-6-3-4-7-21(20)16-23/h3-4,6-7,10-14,23H,5,8-9,15-16H2,1-2H3,(H,26,28). The van der Waals surface area contributed by atoms with Crippen LogP contribution in [0.25, 0.3) is 0 Å². The minimum atomic E-state index is -0.0136. The average molecular weight is 374 g/mol. The molecule has 1 aliphatic carbocycles.